The lowest BCUT2D eigenvalue weighted by molar-refractivity contribution is 0.291. The molecule has 0 aliphatic carbocycles. The summed E-state index contributed by atoms with van der Waals surface area (Å²) in [5.74, 6) is 1.25. The van der Waals surface area contributed by atoms with Gasteiger partial charge in [0.2, 0.25) is 5.90 Å². The molecule has 0 radical (unpaired) electrons. The maximum atomic E-state index is 6.12. The van der Waals surface area contributed by atoms with E-state index in [0.717, 1.165) is 24.6 Å². The minimum absolute atomic E-state index is 0.222. The fraction of sp³-hybridized carbons (Fsp3) is 0.219. The Morgan fingerprint density at radius 2 is 1.31 bits per heavy atom. The van der Waals surface area contributed by atoms with Crippen LogP contribution >= 0.6 is 8.07 Å². The molecule has 4 aromatic carbocycles. The number of nitrogens with zero attached hydrogens (tertiary/aromatic N) is 2. The molecule has 4 heteroatoms. The van der Waals surface area contributed by atoms with Crippen LogP contribution < -0.4 is 10.6 Å². The monoisotopic (exact) mass is 492 g/mol. The zero-order valence-electron chi connectivity index (χ0n) is 21.0. The van der Waals surface area contributed by atoms with E-state index < -0.39 is 8.07 Å². The normalized spacial score (nSPS) is 15.4. The zero-order chi connectivity index (χ0) is 24.7. The van der Waals surface area contributed by atoms with Crippen LogP contribution in [-0.4, -0.2) is 23.2 Å². The molecule has 0 bridgehead atoms. The van der Waals surface area contributed by atoms with E-state index in [1.807, 2.05) is 0 Å². The van der Waals surface area contributed by atoms with Gasteiger partial charge in [-0.3, -0.25) is 4.67 Å². The van der Waals surface area contributed by atoms with E-state index >= 15 is 0 Å². The number of benzene rings is 4. The standard InChI is InChI=1S/C32H33N2OP/c1-25(2)31-24-35-32(33-31)30-21-13-12-16-27(30)23-34(22-26-14-6-3-7-15-26)36(28-17-8-4-9-18-28)29-19-10-5-11-20-29/h3-21,25,31H,22-24H2,1-2H3/t31-/m1/s1. The Labute approximate surface area is 216 Å². The topological polar surface area (TPSA) is 24.8 Å². The summed E-state index contributed by atoms with van der Waals surface area (Å²) in [5.41, 5.74) is 3.66. The van der Waals surface area contributed by atoms with Crippen LogP contribution in [0.5, 0.6) is 0 Å². The van der Waals surface area contributed by atoms with Gasteiger partial charge in [-0.15, -0.1) is 0 Å². The summed E-state index contributed by atoms with van der Waals surface area (Å²) >= 11 is 0. The summed E-state index contributed by atoms with van der Waals surface area (Å²) in [7, 11) is -0.753. The molecule has 36 heavy (non-hydrogen) atoms. The first-order valence-electron chi connectivity index (χ1n) is 12.7. The van der Waals surface area contributed by atoms with Crippen LogP contribution in [0.25, 0.3) is 0 Å². The van der Waals surface area contributed by atoms with Crippen molar-refractivity contribution in [3.63, 3.8) is 0 Å². The van der Waals surface area contributed by atoms with Gasteiger partial charge in [-0.25, -0.2) is 4.99 Å². The van der Waals surface area contributed by atoms with E-state index in [0.29, 0.717) is 12.5 Å². The number of rotatable bonds is 9. The van der Waals surface area contributed by atoms with E-state index in [1.165, 1.54) is 21.7 Å². The van der Waals surface area contributed by atoms with Gasteiger partial charge in [0, 0.05) is 26.7 Å². The van der Waals surface area contributed by atoms with Crippen LogP contribution in [-0.2, 0) is 17.8 Å². The summed E-state index contributed by atoms with van der Waals surface area (Å²) in [6, 6.07) is 41.4. The van der Waals surface area contributed by atoms with Crippen molar-refractivity contribution in [1.82, 2.24) is 4.67 Å². The lowest BCUT2D eigenvalue weighted by Crippen LogP contribution is -2.29. The maximum Gasteiger partial charge on any atom is 0.216 e. The molecule has 182 valence electrons. The fourth-order valence-corrected chi connectivity index (χ4v) is 7.01. The maximum absolute atomic E-state index is 6.12. The molecule has 0 fully saturated rings. The van der Waals surface area contributed by atoms with Crippen LogP contribution in [0, 0.1) is 5.92 Å². The molecule has 0 unspecified atom stereocenters. The predicted octanol–water partition coefficient (Wildman–Crippen LogP) is 6.54. The second-order valence-corrected chi connectivity index (χ2v) is 11.7. The van der Waals surface area contributed by atoms with E-state index in [2.05, 4.69) is 134 Å². The Hall–Kier alpha value is -3.26. The molecule has 3 nitrogen and oxygen atoms in total. The molecule has 1 heterocycles. The highest BCUT2D eigenvalue weighted by atomic mass is 31.1. The quantitative estimate of drug-likeness (QED) is 0.248. The highest BCUT2D eigenvalue weighted by molar-refractivity contribution is 7.70. The van der Waals surface area contributed by atoms with Crippen molar-refractivity contribution in [2.45, 2.75) is 33.0 Å². The summed E-state index contributed by atoms with van der Waals surface area (Å²) in [6.07, 6.45) is 0. The number of ether oxygens (including phenoxy) is 1. The number of hydrogen-bond acceptors (Lipinski definition) is 3. The third-order valence-electron chi connectivity index (χ3n) is 6.54. The highest BCUT2D eigenvalue weighted by Gasteiger charge is 2.27. The molecule has 5 rings (SSSR count). The van der Waals surface area contributed by atoms with Crippen molar-refractivity contribution < 1.29 is 4.74 Å². The SMILES string of the molecule is CC(C)[C@H]1COC(c2ccccc2CN(Cc2ccccc2)P(c2ccccc2)c2ccccc2)=N1. The van der Waals surface area contributed by atoms with Crippen LogP contribution in [0.2, 0.25) is 0 Å². The Kier molecular flexibility index (Phi) is 7.91. The molecular weight excluding hydrogens is 459 g/mol. The van der Waals surface area contributed by atoms with Gasteiger partial charge in [0.05, 0.1) is 6.04 Å². The van der Waals surface area contributed by atoms with Crippen molar-refractivity contribution in [3.8, 4) is 0 Å². The van der Waals surface area contributed by atoms with E-state index in [9.17, 15) is 0 Å². The first-order chi connectivity index (χ1) is 17.7. The smallest absolute Gasteiger partial charge is 0.216 e. The molecule has 1 aliphatic rings. The van der Waals surface area contributed by atoms with Gasteiger partial charge >= 0.3 is 0 Å². The Morgan fingerprint density at radius 3 is 1.89 bits per heavy atom. The van der Waals surface area contributed by atoms with E-state index in [-0.39, 0.29) is 6.04 Å². The largest absolute Gasteiger partial charge is 0.475 e. The number of aliphatic imine (C=N–C) groups is 1. The van der Waals surface area contributed by atoms with Gasteiger partial charge in [-0.1, -0.05) is 123 Å². The zero-order valence-corrected chi connectivity index (χ0v) is 21.9. The Morgan fingerprint density at radius 1 is 0.750 bits per heavy atom. The second kappa shape index (κ2) is 11.6. The van der Waals surface area contributed by atoms with Crippen molar-refractivity contribution in [2.24, 2.45) is 10.9 Å². The summed E-state index contributed by atoms with van der Waals surface area (Å²) in [5, 5.41) is 2.70. The van der Waals surface area contributed by atoms with E-state index in [4.69, 9.17) is 9.73 Å². The van der Waals surface area contributed by atoms with Gasteiger partial charge < -0.3 is 4.74 Å². The molecule has 0 amide bonds. The predicted molar refractivity (Wildman–Crippen MR) is 152 cm³/mol. The summed E-state index contributed by atoms with van der Waals surface area (Å²) in [6.45, 7) is 6.74. The first kappa shape index (κ1) is 24.4. The van der Waals surface area contributed by atoms with Gasteiger partial charge in [-0.2, -0.15) is 0 Å². The van der Waals surface area contributed by atoms with Gasteiger partial charge in [0.15, 0.2) is 0 Å². The summed E-state index contributed by atoms with van der Waals surface area (Å²) < 4.78 is 8.75. The molecule has 0 N–H and O–H groups in total. The third kappa shape index (κ3) is 5.75. The van der Waals surface area contributed by atoms with Crippen molar-refractivity contribution in [2.75, 3.05) is 6.61 Å². The first-order valence-corrected chi connectivity index (χ1v) is 14.0. The Balaban J connectivity index is 1.56. The molecule has 1 aliphatic heterocycles. The molecule has 4 aromatic rings. The van der Waals surface area contributed by atoms with Crippen molar-refractivity contribution in [3.05, 3.63) is 132 Å². The molecule has 0 aromatic heterocycles. The van der Waals surface area contributed by atoms with Crippen LogP contribution in [0.4, 0.5) is 0 Å². The third-order valence-corrected chi connectivity index (χ3v) is 8.96. The number of hydrogen-bond donors (Lipinski definition) is 0. The van der Waals surface area contributed by atoms with Crippen molar-refractivity contribution >= 4 is 24.6 Å². The second-order valence-electron chi connectivity index (χ2n) is 9.50. The summed E-state index contributed by atoms with van der Waals surface area (Å²) in [4.78, 5) is 4.95. The van der Waals surface area contributed by atoms with Gasteiger partial charge in [0.25, 0.3) is 0 Å². The van der Waals surface area contributed by atoms with E-state index in [1.54, 1.807) is 0 Å². The lowest BCUT2D eigenvalue weighted by Gasteiger charge is -2.33. The van der Waals surface area contributed by atoms with Crippen LogP contribution in [0.3, 0.4) is 0 Å². The van der Waals surface area contributed by atoms with Crippen molar-refractivity contribution in [1.29, 1.82) is 0 Å². The van der Waals surface area contributed by atoms with Gasteiger partial charge in [-0.05, 0) is 33.7 Å². The molecule has 0 saturated carbocycles. The molecule has 0 saturated heterocycles. The fourth-order valence-electron chi connectivity index (χ4n) is 4.55. The van der Waals surface area contributed by atoms with Crippen LogP contribution in [0.15, 0.2) is 120 Å². The minimum Gasteiger partial charge on any atom is -0.475 e. The molecule has 0 spiro atoms. The average Bonchev–Trinajstić information content (AvgIpc) is 3.42. The highest BCUT2D eigenvalue weighted by Crippen LogP contribution is 2.41. The minimum atomic E-state index is -0.753. The average molecular weight is 493 g/mol. The lowest BCUT2D eigenvalue weighted by atomic mass is 10.1. The Bertz CT molecular complexity index is 1240. The van der Waals surface area contributed by atoms with Crippen LogP contribution in [0.1, 0.15) is 30.5 Å². The van der Waals surface area contributed by atoms with Gasteiger partial charge in [0.1, 0.15) is 6.61 Å². The molecule has 1 atom stereocenters. The molecular formula is C32H33N2OP.